The minimum absolute atomic E-state index is 0.0524. The number of amides is 2. The summed E-state index contributed by atoms with van der Waals surface area (Å²) in [6.07, 6.45) is 0.596. The Morgan fingerprint density at radius 2 is 1.95 bits per heavy atom. The van der Waals surface area contributed by atoms with Gasteiger partial charge in [0, 0.05) is 6.54 Å². The van der Waals surface area contributed by atoms with Crippen LogP contribution in [0.15, 0.2) is 24.3 Å². The summed E-state index contributed by atoms with van der Waals surface area (Å²) in [7, 11) is 0. The van der Waals surface area contributed by atoms with Gasteiger partial charge in [0.15, 0.2) is 0 Å². The lowest BCUT2D eigenvalue weighted by molar-refractivity contribution is -0.140. The first-order valence-electron chi connectivity index (χ1n) is 5.93. The maximum absolute atomic E-state index is 11.5. The first-order chi connectivity index (χ1) is 9.06. The second kappa shape index (κ2) is 5.51. The van der Waals surface area contributed by atoms with Gasteiger partial charge in [-0.2, -0.15) is 0 Å². The highest BCUT2D eigenvalue weighted by Crippen LogP contribution is 2.07. The maximum Gasteiger partial charge on any atom is 0.335 e. The number of nitrogens with one attached hydrogen (secondary N) is 1. The maximum atomic E-state index is 11.5. The highest BCUT2D eigenvalue weighted by Gasteiger charge is 2.22. The van der Waals surface area contributed by atoms with Crippen molar-refractivity contribution in [3.05, 3.63) is 35.4 Å². The minimum atomic E-state index is -0.963. The topological polar surface area (TPSA) is 86.7 Å². The summed E-state index contributed by atoms with van der Waals surface area (Å²) in [6, 6.07) is 6.50. The van der Waals surface area contributed by atoms with E-state index in [0.717, 1.165) is 5.56 Å². The van der Waals surface area contributed by atoms with Gasteiger partial charge in [0.05, 0.1) is 18.7 Å². The van der Waals surface area contributed by atoms with Gasteiger partial charge in [-0.1, -0.05) is 12.1 Å². The molecule has 19 heavy (non-hydrogen) atoms. The van der Waals surface area contributed by atoms with Crippen LogP contribution in [0, 0.1) is 0 Å². The molecule has 1 aliphatic heterocycles. The number of rotatable bonds is 4. The Hall–Kier alpha value is -2.37. The van der Waals surface area contributed by atoms with Crippen LogP contribution in [0.4, 0.5) is 0 Å². The number of hydrogen-bond donors (Lipinski definition) is 2. The van der Waals surface area contributed by atoms with Gasteiger partial charge >= 0.3 is 5.97 Å². The van der Waals surface area contributed by atoms with Crippen LogP contribution in [0.25, 0.3) is 0 Å². The molecule has 2 amide bonds. The van der Waals surface area contributed by atoms with Crippen LogP contribution in [0.5, 0.6) is 0 Å². The Balaban J connectivity index is 1.92. The molecule has 0 saturated carbocycles. The molecular weight excluding hydrogens is 248 g/mol. The zero-order chi connectivity index (χ0) is 13.8. The van der Waals surface area contributed by atoms with E-state index in [0.29, 0.717) is 13.0 Å². The lowest BCUT2D eigenvalue weighted by Crippen LogP contribution is -2.51. The molecule has 6 heteroatoms. The second-order valence-electron chi connectivity index (χ2n) is 4.34. The zero-order valence-corrected chi connectivity index (χ0v) is 10.3. The van der Waals surface area contributed by atoms with Gasteiger partial charge in [0.25, 0.3) is 0 Å². The molecule has 1 fully saturated rings. The zero-order valence-electron chi connectivity index (χ0n) is 10.3. The average molecular weight is 262 g/mol. The van der Waals surface area contributed by atoms with Gasteiger partial charge in [0.1, 0.15) is 0 Å². The molecule has 1 aromatic rings. The molecule has 2 rings (SSSR count). The van der Waals surface area contributed by atoms with Crippen LogP contribution in [-0.2, 0) is 16.0 Å². The molecule has 0 aromatic heterocycles. The van der Waals surface area contributed by atoms with Gasteiger partial charge in [0.2, 0.25) is 11.8 Å². The van der Waals surface area contributed by atoms with Crippen molar-refractivity contribution in [1.82, 2.24) is 10.2 Å². The Kier molecular flexibility index (Phi) is 3.79. The fourth-order valence-electron chi connectivity index (χ4n) is 1.89. The van der Waals surface area contributed by atoms with E-state index in [1.807, 2.05) is 0 Å². The number of carboxylic acid groups (broad SMARTS) is 1. The van der Waals surface area contributed by atoms with E-state index in [1.54, 1.807) is 12.1 Å². The number of aromatic carboxylic acids is 1. The number of hydrogen-bond acceptors (Lipinski definition) is 3. The molecule has 2 N–H and O–H groups in total. The number of benzene rings is 1. The summed E-state index contributed by atoms with van der Waals surface area (Å²) in [5, 5.41) is 11.3. The number of carbonyl (C=O) groups excluding carboxylic acids is 2. The molecular formula is C13H14N2O4. The highest BCUT2D eigenvalue weighted by molar-refractivity contribution is 5.92. The number of carboxylic acids is 1. The summed E-state index contributed by atoms with van der Waals surface area (Å²) in [4.78, 5) is 34.9. The van der Waals surface area contributed by atoms with E-state index in [-0.39, 0.29) is 30.5 Å². The lowest BCUT2D eigenvalue weighted by Gasteiger charge is -2.26. The third-order valence-corrected chi connectivity index (χ3v) is 3.00. The van der Waals surface area contributed by atoms with E-state index >= 15 is 0 Å². The van der Waals surface area contributed by atoms with E-state index in [9.17, 15) is 14.4 Å². The smallest absolute Gasteiger partial charge is 0.335 e. The second-order valence-corrected chi connectivity index (χ2v) is 4.34. The molecule has 6 nitrogen and oxygen atoms in total. The standard InChI is InChI=1S/C13H14N2O4/c16-11-8-15(12(17)7-14-11)6-5-9-1-3-10(4-2-9)13(18)19/h1-4H,5-8H2,(H,14,16)(H,18,19). The van der Waals surface area contributed by atoms with E-state index < -0.39 is 5.97 Å². The average Bonchev–Trinajstić information content (AvgIpc) is 2.40. The van der Waals surface area contributed by atoms with Crippen LogP contribution in [-0.4, -0.2) is 47.4 Å². The predicted octanol–water partition coefficient (Wildman–Crippen LogP) is -0.114. The van der Waals surface area contributed by atoms with Gasteiger partial charge in [-0.25, -0.2) is 4.79 Å². The van der Waals surface area contributed by atoms with Crippen molar-refractivity contribution in [3.63, 3.8) is 0 Å². The van der Waals surface area contributed by atoms with Crippen molar-refractivity contribution in [2.45, 2.75) is 6.42 Å². The summed E-state index contributed by atoms with van der Waals surface area (Å²) in [5.74, 6) is -1.21. The number of piperazine rings is 1. The predicted molar refractivity (Wildman–Crippen MR) is 66.7 cm³/mol. The fourth-order valence-corrected chi connectivity index (χ4v) is 1.89. The lowest BCUT2D eigenvalue weighted by atomic mass is 10.1. The Bertz CT molecular complexity index is 510. The Labute approximate surface area is 110 Å². The molecule has 100 valence electrons. The molecule has 0 atom stereocenters. The normalized spacial score (nSPS) is 15.3. The summed E-state index contributed by atoms with van der Waals surface area (Å²) in [5.41, 5.74) is 1.17. The van der Waals surface area contributed by atoms with Crippen LogP contribution < -0.4 is 5.32 Å². The highest BCUT2D eigenvalue weighted by atomic mass is 16.4. The molecule has 1 aliphatic rings. The summed E-state index contributed by atoms with van der Waals surface area (Å²) < 4.78 is 0. The molecule has 0 spiro atoms. The van der Waals surface area contributed by atoms with Gasteiger partial charge in [-0.3, -0.25) is 9.59 Å². The van der Waals surface area contributed by atoms with Gasteiger partial charge < -0.3 is 15.3 Å². The van der Waals surface area contributed by atoms with Crippen molar-refractivity contribution in [3.8, 4) is 0 Å². The monoisotopic (exact) mass is 262 g/mol. The van der Waals surface area contributed by atoms with Gasteiger partial charge in [-0.05, 0) is 24.1 Å². The SMILES string of the molecule is O=C1CN(CCc2ccc(C(=O)O)cc2)C(=O)CN1. The summed E-state index contributed by atoms with van der Waals surface area (Å²) in [6.45, 7) is 0.599. The van der Waals surface area contributed by atoms with Crippen molar-refractivity contribution >= 4 is 17.8 Å². The molecule has 1 aromatic carbocycles. The third kappa shape index (κ3) is 3.31. The molecule has 0 bridgehead atoms. The molecule has 1 heterocycles. The molecule has 0 radical (unpaired) electrons. The first-order valence-corrected chi connectivity index (χ1v) is 5.93. The quantitative estimate of drug-likeness (QED) is 0.792. The van der Waals surface area contributed by atoms with Crippen LogP contribution in [0.1, 0.15) is 15.9 Å². The number of carbonyl (C=O) groups is 3. The Morgan fingerprint density at radius 3 is 2.58 bits per heavy atom. The first kappa shape index (κ1) is 13.1. The van der Waals surface area contributed by atoms with Crippen LogP contribution in [0.2, 0.25) is 0 Å². The molecule has 1 saturated heterocycles. The molecule has 0 aliphatic carbocycles. The number of nitrogens with zero attached hydrogens (tertiary/aromatic N) is 1. The van der Waals surface area contributed by atoms with E-state index in [4.69, 9.17) is 5.11 Å². The molecule has 0 unspecified atom stereocenters. The van der Waals surface area contributed by atoms with E-state index in [2.05, 4.69) is 5.32 Å². The third-order valence-electron chi connectivity index (χ3n) is 3.00. The van der Waals surface area contributed by atoms with Crippen LogP contribution in [0.3, 0.4) is 0 Å². The fraction of sp³-hybridized carbons (Fsp3) is 0.308. The van der Waals surface area contributed by atoms with Crippen molar-refractivity contribution in [1.29, 1.82) is 0 Å². The van der Waals surface area contributed by atoms with Gasteiger partial charge in [-0.15, -0.1) is 0 Å². The Morgan fingerprint density at radius 1 is 1.26 bits per heavy atom. The van der Waals surface area contributed by atoms with Crippen molar-refractivity contribution in [2.75, 3.05) is 19.6 Å². The van der Waals surface area contributed by atoms with Crippen molar-refractivity contribution < 1.29 is 19.5 Å². The minimum Gasteiger partial charge on any atom is -0.478 e. The van der Waals surface area contributed by atoms with Crippen LogP contribution >= 0.6 is 0 Å². The summed E-state index contributed by atoms with van der Waals surface area (Å²) >= 11 is 0. The largest absolute Gasteiger partial charge is 0.478 e. The van der Waals surface area contributed by atoms with Crippen molar-refractivity contribution in [2.24, 2.45) is 0 Å². The van der Waals surface area contributed by atoms with E-state index in [1.165, 1.54) is 17.0 Å².